The number of dihydropyridines is 1. The Morgan fingerprint density at radius 3 is 2.33 bits per heavy atom. The van der Waals surface area contributed by atoms with E-state index in [4.69, 9.17) is 9.47 Å². The van der Waals surface area contributed by atoms with Gasteiger partial charge < -0.3 is 14.8 Å². The van der Waals surface area contributed by atoms with Gasteiger partial charge in [-0.25, -0.2) is 9.59 Å². The Morgan fingerprint density at radius 1 is 1.20 bits per heavy atom. The zero-order valence-electron chi connectivity index (χ0n) is 17.2. The third-order valence-electron chi connectivity index (χ3n) is 4.40. The normalized spacial score (nSPS) is 15.9. The van der Waals surface area contributed by atoms with Crippen molar-refractivity contribution >= 4 is 17.6 Å². The third-order valence-corrected chi connectivity index (χ3v) is 4.40. The molecule has 1 heterocycles. The summed E-state index contributed by atoms with van der Waals surface area (Å²) in [7, 11) is 0. The van der Waals surface area contributed by atoms with Crippen molar-refractivity contribution in [3.8, 4) is 0 Å². The zero-order chi connectivity index (χ0) is 22.4. The van der Waals surface area contributed by atoms with Gasteiger partial charge in [-0.1, -0.05) is 31.4 Å². The van der Waals surface area contributed by atoms with Gasteiger partial charge in [0.2, 0.25) is 0 Å². The molecule has 8 nitrogen and oxygen atoms in total. The Hall–Kier alpha value is -3.68. The lowest BCUT2D eigenvalue weighted by Gasteiger charge is -2.30. The van der Waals surface area contributed by atoms with Crippen LogP contribution >= 0.6 is 0 Å². The van der Waals surface area contributed by atoms with Gasteiger partial charge in [0.1, 0.15) is 13.2 Å². The quantitative estimate of drug-likeness (QED) is 0.300. The first-order valence-corrected chi connectivity index (χ1v) is 9.19. The van der Waals surface area contributed by atoms with Gasteiger partial charge in [-0.05, 0) is 31.9 Å². The van der Waals surface area contributed by atoms with E-state index in [2.05, 4.69) is 18.5 Å². The second-order valence-electron chi connectivity index (χ2n) is 6.91. The van der Waals surface area contributed by atoms with Crippen LogP contribution in [0.15, 0.2) is 71.6 Å². The fraction of sp³-hybridized carbons (Fsp3) is 0.273. The van der Waals surface area contributed by atoms with E-state index in [1.165, 1.54) is 24.3 Å². The Balaban J connectivity index is 2.63. The zero-order valence-corrected chi connectivity index (χ0v) is 17.2. The van der Waals surface area contributed by atoms with Crippen LogP contribution in [0, 0.1) is 10.1 Å². The minimum Gasteiger partial charge on any atom is -0.458 e. The monoisotopic (exact) mass is 412 g/mol. The number of nitrogens with one attached hydrogen (secondary N) is 1. The summed E-state index contributed by atoms with van der Waals surface area (Å²) in [5.74, 6) is -2.21. The minimum atomic E-state index is -0.902. The van der Waals surface area contributed by atoms with Gasteiger partial charge in [0.25, 0.3) is 5.69 Å². The van der Waals surface area contributed by atoms with Gasteiger partial charge in [-0.2, -0.15) is 0 Å². The molecular weight excluding hydrogens is 388 g/mol. The number of esters is 2. The van der Waals surface area contributed by atoms with Crippen molar-refractivity contribution in [1.29, 1.82) is 0 Å². The van der Waals surface area contributed by atoms with Gasteiger partial charge in [0, 0.05) is 23.5 Å². The van der Waals surface area contributed by atoms with E-state index in [1.54, 1.807) is 26.8 Å². The van der Waals surface area contributed by atoms with E-state index < -0.39 is 22.8 Å². The first-order chi connectivity index (χ1) is 14.2. The van der Waals surface area contributed by atoms with Crippen molar-refractivity contribution in [2.45, 2.75) is 26.7 Å². The van der Waals surface area contributed by atoms with Crippen LogP contribution < -0.4 is 5.32 Å². The van der Waals surface area contributed by atoms with Gasteiger partial charge in [-0.3, -0.25) is 10.1 Å². The lowest BCUT2D eigenvalue weighted by atomic mass is 9.80. The topological polar surface area (TPSA) is 108 Å². The molecule has 30 heavy (non-hydrogen) atoms. The van der Waals surface area contributed by atoms with Crippen molar-refractivity contribution < 1.29 is 24.0 Å². The van der Waals surface area contributed by atoms with E-state index in [-0.39, 0.29) is 30.0 Å². The van der Waals surface area contributed by atoms with E-state index in [1.807, 2.05) is 0 Å². The van der Waals surface area contributed by atoms with Crippen molar-refractivity contribution in [1.82, 2.24) is 5.32 Å². The molecule has 1 aliphatic heterocycles. The van der Waals surface area contributed by atoms with Crippen LogP contribution in [0.25, 0.3) is 0 Å². The van der Waals surface area contributed by atoms with E-state index in [0.29, 0.717) is 22.5 Å². The summed E-state index contributed by atoms with van der Waals surface area (Å²) in [6.45, 7) is 12.3. The molecule has 1 aromatic carbocycles. The Labute approximate surface area is 174 Å². The van der Waals surface area contributed by atoms with Gasteiger partial charge >= 0.3 is 11.9 Å². The molecule has 0 spiro atoms. The number of hydrogen-bond donors (Lipinski definition) is 1. The predicted octanol–water partition coefficient (Wildman–Crippen LogP) is 3.68. The molecular formula is C22H24N2O6. The number of hydrogen-bond acceptors (Lipinski definition) is 7. The highest BCUT2D eigenvalue weighted by atomic mass is 16.6. The average Bonchev–Trinajstić information content (AvgIpc) is 2.69. The maximum absolute atomic E-state index is 12.9. The number of carbonyl (C=O) groups is 2. The van der Waals surface area contributed by atoms with Gasteiger partial charge in [-0.15, -0.1) is 0 Å². The molecule has 0 fully saturated rings. The largest absolute Gasteiger partial charge is 0.458 e. The summed E-state index contributed by atoms with van der Waals surface area (Å²) in [6, 6.07) is 5.80. The van der Waals surface area contributed by atoms with Crippen molar-refractivity contribution in [2.24, 2.45) is 0 Å². The first-order valence-electron chi connectivity index (χ1n) is 9.19. The van der Waals surface area contributed by atoms with Crippen LogP contribution in [0.4, 0.5) is 5.69 Å². The molecule has 0 amide bonds. The van der Waals surface area contributed by atoms with Crippen LogP contribution in [-0.2, 0) is 19.1 Å². The lowest BCUT2D eigenvalue weighted by Crippen LogP contribution is -2.32. The SMILES string of the molecule is C=CCOC(=O)C1=C(C)NC(C)=C(C(=O)OCC(=C)C)C1c1cccc([N+](=O)[O-])c1. The van der Waals surface area contributed by atoms with Crippen molar-refractivity contribution in [3.63, 3.8) is 0 Å². The molecule has 1 N–H and O–H groups in total. The highest BCUT2D eigenvalue weighted by molar-refractivity contribution is 6.00. The molecule has 8 heteroatoms. The third kappa shape index (κ3) is 5.02. The maximum Gasteiger partial charge on any atom is 0.337 e. The number of benzene rings is 1. The molecule has 0 saturated carbocycles. The van der Waals surface area contributed by atoms with Crippen molar-refractivity contribution in [2.75, 3.05) is 13.2 Å². The molecule has 158 valence electrons. The van der Waals surface area contributed by atoms with Crippen LogP contribution in [0.1, 0.15) is 32.3 Å². The molecule has 0 aliphatic carbocycles. The second kappa shape index (κ2) is 9.69. The Kier molecular flexibility index (Phi) is 7.30. The minimum absolute atomic E-state index is 0.0101. The van der Waals surface area contributed by atoms with E-state index >= 15 is 0 Å². The average molecular weight is 412 g/mol. The summed E-state index contributed by atoms with van der Waals surface area (Å²) in [4.78, 5) is 36.5. The standard InChI is InChI=1S/C22H24N2O6/c1-6-10-29-21(25)18-14(4)23-15(5)19(22(26)30-12-13(2)3)20(18)16-8-7-9-17(11-16)24(27)28/h6-9,11,20,23H,1-2,10,12H2,3-5H3. The summed E-state index contributed by atoms with van der Waals surface area (Å²) in [6.07, 6.45) is 1.43. The number of nitrogens with zero attached hydrogens (tertiary/aromatic N) is 1. The molecule has 0 bridgehead atoms. The molecule has 1 unspecified atom stereocenters. The number of nitro benzene ring substituents is 1. The Morgan fingerprint density at radius 2 is 1.80 bits per heavy atom. The summed E-state index contributed by atoms with van der Waals surface area (Å²) in [5.41, 5.74) is 2.20. The molecule has 1 atom stereocenters. The van der Waals surface area contributed by atoms with Gasteiger partial charge in [0.05, 0.1) is 22.0 Å². The van der Waals surface area contributed by atoms with E-state index in [9.17, 15) is 19.7 Å². The van der Waals surface area contributed by atoms with E-state index in [0.717, 1.165) is 0 Å². The van der Waals surface area contributed by atoms with Crippen LogP contribution in [0.5, 0.6) is 0 Å². The number of nitro groups is 1. The molecule has 1 aromatic rings. The van der Waals surface area contributed by atoms with Crippen LogP contribution in [-0.4, -0.2) is 30.1 Å². The summed E-state index contributed by atoms with van der Waals surface area (Å²) < 4.78 is 10.5. The number of allylic oxidation sites excluding steroid dienone is 2. The van der Waals surface area contributed by atoms with Crippen LogP contribution in [0.3, 0.4) is 0 Å². The van der Waals surface area contributed by atoms with Crippen LogP contribution in [0.2, 0.25) is 0 Å². The number of ether oxygens (including phenoxy) is 2. The van der Waals surface area contributed by atoms with Crippen molar-refractivity contribution in [3.05, 3.63) is 87.3 Å². The number of carbonyl (C=O) groups excluding carboxylic acids is 2. The number of rotatable bonds is 8. The predicted molar refractivity (Wildman–Crippen MR) is 111 cm³/mol. The second-order valence-corrected chi connectivity index (χ2v) is 6.91. The fourth-order valence-corrected chi connectivity index (χ4v) is 3.17. The summed E-state index contributed by atoms with van der Waals surface area (Å²) in [5, 5.41) is 14.3. The fourth-order valence-electron chi connectivity index (χ4n) is 3.17. The summed E-state index contributed by atoms with van der Waals surface area (Å²) >= 11 is 0. The molecule has 1 aliphatic rings. The Bertz CT molecular complexity index is 974. The smallest absolute Gasteiger partial charge is 0.337 e. The lowest BCUT2D eigenvalue weighted by molar-refractivity contribution is -0.384. The molecule has 0 saturated heterocycles. The highest BCUT2D eigenvalue weighted by Gasteiger charge is 2.38. The maximum atomic E-state index is 12.9. The first kappa shape index (κ1) is 22.6. The highest BCUT2D eigenvalue weighted by Crippen LogP contribution is 2.40. The molecule has 0 radical (unpaired) electrons. The van der Waals surface area contributed by atoms with Gasteiger partial charge in [0.15, 0.2) is 0 Å². The molecule has 2 rings (SSSR count). The number of non-ortho nitro benzene ring substituents is 1. The molecule has 0 aromatic heterocycles.